The highest BCUT2D eigenvalue weighted by molar-refractivity contribution is 5.28. The largest absolute Gasteiger partial charge is 0.268 e. The van der Waals surface area contributed by atoms with E-state index in [9.17, 15) is 17.6 Å². The number of nitrogens with zero attached hydrogens (tertiary/aromatic N) is 2. The van der Waals surface area contributed by atoms with Gasteiger partial charge in [0, 0.05) is 0 Å². The number of hydrogen-bond donors (Lipinski definition) is 0. The zero-order chi connectivity index (χ0) is 10.7. The van der Waals surface area contributed by atoms with Crippen molar-refractivity contribution in [3.05, 3.63) is 29.1 Å². The van der Waals surface area contributed by atoms with Crippen LogP contribution in [-0.2, 0) is 6.42 Å². The van der Waals surface area contributed by atoms with E-state index in [2.05, 4.69) is 4.98 Å². The second-order valence-electron chi connectivity index (χ2n) is 2.44. The van der Waals surface area contributed by atoms with Crippen molar-refractivity contribution >= 4 is 0 Å². The van der Waals surface area contributed by atoms with Crippen molar-refractivity contribution in [2.75, 3.05) is 0 Å². The molecule has 0 aliphatic heterocycles. The highest BCUT2D eigenvalue weighted by atomic mass is 19.3. The summed E-state index contributed by atoms with van der Waals surface area (Å²) in [4.78, 5) is 2.61. The molecule has 14 heavy (non-hydrogen) atoms. The van der Waals surface area contributed by atoms with Crippen LogP contribution in [0.15, 0.2) is 6.07 Å². The first kappa shape index (κ1) is 10.4. The quantitative estimate of drug-likeness (QED) is 0.547. The molecule has 0 aromatic carbocycles. The molecule has 0 spiro atoms. The van der Waals surface area contributed by atoms with Gasteiger partial charge >= 0.3 is 0 Å². The minimum Gasteiger partial charge on any atom is -0.205 e. The summed E-state index contributed by atoms with van der Waals surface area (Å²) in [7, 11) is 0. The van der Waals surface area contributed by atoms with Crippen LogP contribution in [0.25, 0.3) is 0 Å². The Kier molecular flexibility index (Phi) is 3.02. The van der Waals surface area contributed by atoms with E-state index < -0.39 is 30.3 Å². The van der Waals surface area contributed by atoms with E-state index in [0.717, 1.165) is 0 Å². The van der Waals surface area contributed by atoms with E-state index in [4.69, 9.17) is 5.26 Å². The molecule has 0 N–H and O–H groups in total. The Hall–Kier alpha value is -1.64. The van der Waals surface area contributed by atoms with Crippen molar-refractivity contribution in [2.45, 2.75) is 12.8 Å². The van der Waals surface area contributed by atoms with E-state index in [1.165, 1.54) is 6.07 Å². The van der Waals surface area contributed by atoms with Crippen LogP contribution in [0.3, 0.4) is 0 Å². The third-order valence-electron chi connectivity index (χ3n) is 1.55. The Balaban J connectivity index is 3.30. The van der Waals surface area contributed by atoms with Crippen LogP contribution in [-0.4, -0.2) is 4.98 Å². The summed E-state index contributed by atoms with van der Waals surface area (Å²) in [5.41, 5.74) is -1.37. The average Bonchev–Trinajstić information content (AvgIpc) is 2.01. The molecule has 0 radical (unpaired) electrons. The fourth-order valence-corrected chi connectivity index (χ4v) is 1.00. The lowest BCUT2D eigenvalue weighted by Crippen LogP contribution is -2.03. The summed E-state index contributed by atoms with van der Waals surface area (Å²) in [6, 6.07) is 2.17. The van der Waals surface area contributed by atoms with E-state index in [-0.39, 0.29) is 5.56 Å². The number of rotatable bonds is 2. The van der Waals surface area contributed by atoms with Gasteiger partial charge in [-0.1, -0.05) is 0 Å². The van der Waals surface area contributed by atoms with Crippen LogP contribution >= 0.6 is 0 Å². The van der Waals surface area contributed by atoms with E-state index in [1.807, 2.05) is 0 Å². The molecule has 1 aromatic rings. The third kappa shape index (κ3) is 1.99. The fourth-order valence-electron chi connectivity index (χ4n) is 1.00. The summed E-state index contributed by atoms with van der Waals surface area (Å²) in [5.74, 6) is -2.78. The highest BCUT2D eigenvalue weighted by Gasteiger charge is 2.20. The molecule has 2 nitrogen and oxygen atoms in total. The molecule has 6 heteroatoms. The first-order valence-electron chi connectivity index (χ1n) is 3.56. The molecule has 74 valence electrons. The highest BCUT2D eigenvalue weighted by Crippen LogP contribution is 2.25. The Labute approximate surface area is 76.8 Å². The van der Waals surface area contributed by atoms with Gasteiger partial charge in [0.25, 0.3) is 6.43 Å². The van der Waals surface area contributed by atoms with Crippen molar-refractivity contribution in [3.8, 4) is 6.07 Å². The van der Waals surface area contributed by atoms with E-state index in [1.54, 1.807) is 0 Å². The zero-order valence-corrected chi connectivity index (χ0v) is 6.77. The number of alkyl halides is 2. The summed E-state index contributed by atoms with van der Waals surface area (Å²) in [6.07, 6.45) is -3.58. The number of hydrogen-bond acceptors (Lipinski definition) is 2. The summed E-state index contributed by atoms with van der Waals surface area (Å²) < 4.78 is 49.7. The lowest BCUT2D eigenvalue weighted by molar-refractivity contribution is 0.143. The van der Waals surface area contributed by atoms with Gasteiger partial charge < -0.3 is 0 Å². The van der Waals surface area contributed by atoms with Gasteiger partial charge in [-0.05, 0) is 11.6 Å². The maximum atomic E-state index is 12.7. The number of nitriles is 1. The molecule has 0 aliphatic rings. The van der Waals surface area contributed by atoms with Crippen LogP contribution in [0.1, 0.15) is 17.6 Å². The lowest BCUT2D eigenvalue weighted by atomic mass is 10.1. The van der Waals surface area contributed by atoms with Gasteiger partial charge in [0.05, 0.1) is 18.1 Å². The average molecular weight is 204 g/mol. The number of aromatic nitrogens is 1. The third-order valence-corrected chi connectivity index (χ3v) is 1.55. The molecule has 0 atom stereocenters. The summed E-state index contributed by atoms with van der Waals surface area (Å²) >= 11 is 0. The number of pyridine rings is 1. The molecule has 0 aliphatic carbocycles. The molecule has 0 unspecified atom stereocenters. The van der Waals surface area contributed by atoms with Crippen molar-refractivity contribution in [1.29, 1.82) is 5.26 Å². The smallest absolute Gasteiger partial charge is 0.205 e. The normalized spacial score (nSPS) is 10.3. The standard InChI is InChI=1S/C8H4F4N2/c9-5-3-4(1-2-13)6(7(10)11)8(12)14-5/h3,7H,1H2. The summed E-state index contributed by atoms with van der Waals surface area (Å²) in [5, 5.41) is 8.25. The molecule has 1 rings (SSSR count). The summed E-state index contributed by atoms with van der Waals surface area (Å²) in [6.45, 7) is 0. The Bertz CT molecular complexity index is 384. The van der Waals surface area contributed by atoms with Gasteiger partial charge in [-0.3, -0.25) is 0 Å². The van der Waals surface area contributed by atoms with Crippen LogP contribution < -0.4 is 0 Å². The van der Waals surface area contributed by atoms with E-state index >= 15 is 0 Å². The van der Waals surface area contributed by atoms with Crippen molar-refractivity contribution in [3.63, 3.8) is 0 Å². The van der Waals surface area contributed by atoms with Gasteiger partial charge in [-0.15, -0.1) is 0 Å². The molecule has 1 aromatic heterocycles. The Morgan fingerprint density at radius 1 is 1.43 bits per heavy atom. The zero-order valence-electron chi connectivity index (χ0n) is 6.77. The second kappa shape index (κ2) is 4.05. The minimum atomic E-state index is -3.11. The molecule has 0 amide bonds. The maximum absolute atomic E-state index is 12.7. The second-order valence-corrected chi connectivity index (χ2v) is 2.44. The molecule has 0 saturated heterocycles. The first-order valence-corrected chi connectivity index (χ1v) is 3.56. The van der Waals surface area contributed by atoms with Crippen LogP contribution in [0.4, 0.5) is 17.6 Å². The van der Waals surface area contributed by atoms with Crippen LogP contribution in [0, 0.1) is 23.2 Å². The molecular formula is C8H4F4N2. The molecule has 0 fully saturated rings. The molecule has 0 bridgehead atoms. The molecule has 1 heterocycles. The fraction of sp³-hybridized carbons (Fsp3) is 0.250. The van der Waals surface area contributed by atoms with Gasteiger partial charge in [0.1, 0.15) is 0 Å². The SMILES string of the molecule is N#CCc1cc(F)nc(F)c1C(F)F. The van der Waals surface area contributed by atoms with Gasteiger partial charge in [0.15, 0.2) is 0 Å². The van der Waals surface area contributed by atoms with Crippen LogP contribution in [0.5, 0.6) is 0 Å². The van der Waals surface area contributed by atoms with E-state index in [0.29, 0.717) is 6.07 Å². The Morgan fingerprint density at radius 2 is 2.07 bits per heavy atom. The molecule has 0 saturated carbocycles. The topological polar surface area (TPSA) is 36.7 Å². The maximum Gasteiger partial charge on any atom is 0.268 e. The Morgan fingerprint density at radius 3 is 2.57 bits per heavy atom. The number of halogens is 4. The predicted molar refractivity (Wildman–Crippen MR) is 38.4 cm³/mol. The van der Waals surface area contributed by atoms with Gasteiger partial charge in [-0.2, -0.15) is 19.0 Å². The monoisotopic (exact) mass is 204 g/mol. The first-order chi connectivity index (χ1) is 6.56. The minimum absolute atomic E-state index is 0.368. The van der Waals surface area contributed by atoms with Crippen molar-refractivity contribution in [1.82, 2.24) is 4.98 Å². The lowest BCUT2D eigenvalue weighted by Gasteiger charge is -2.05. The molecular weight excluding hydrogens is 200 g/mol. The van der Waals surface area contributed by atoms with Crippen LogP contribution in [0.2, 0.25) is 0 Å². The van der Waals surface area contributed by atoms with Crippen molar-refractivity contribution in [2.24, 2.45) is 0 Å². The van der Waals surface area contributed by atoms with Gasteiger partial charge in [0.2, 0.25) is 11.9 Å². The predicted octanol–water partition coefficient (Wildman–Crippen LogP) is 2.36. The van der Waals surface area contributed by atoms with Crippen molar-refractivity contribution < 1.29 is 17.6 Å². The van der Waals surface area contributed by atoms with Gasteiger partial charge in [-0.25, -0.2) is 8.78 Å².